The molecule has 346 valence electrons. The van der Waals surface area contributed by atoms with E-state index >= 15 is 0 Å². The lowest BCUT2D eigenvalue weighted by atomic mass is 9.77. The number of ether oxygens (including phenoxy) is 7. The van der Waals surface area contributed by atoms with Gasteiger partial charge in [-0.2, -0.15) is 0 Å². The number of rotatable bonds is 12. The summed E-state index contributed by atoms with van der Waals surface area (Å²) in [4.78, 5) is 10.7. The molecule has 1 amide bonds. The van der Waals surface area contributed by atoms with Crippen molar-refractivity contribution in [3.05, 3.63) is 36.9 Å². The van der Waals surface area contributed by atoms with Crippen molar-refractivity contribution in [3.63, 3.8) is 0 Å². The normalized spacial score (nSPS) is 41.8. The highest BCUT2D eigenvalue weighted by molar-refractivity contribution is 5.88. The number of nitrogens with one attached hydrogen (secondary N) is 1. The highest BCUT2D eigenvalue weighted by Gasteiger charge is 2.49. The van der Waals surface area contributed by atoms with E-state index in [1.165, 1.54) is 6.92 Å². The fraction of sp³-hybridized carbons (Fsp3) is 0.800. The van der Waals surface area contributed by atoms with Gasteiger partial charge in [-0.15, -0.1) is 0 Å². The summed E-state index contributed by atoms with van der Waals surface area (Å²) in [5, 5.41) is 61.5. The number of anilines is 1. The second-order valence-corrected chi connectivity index (χ2v) is 17.2. The van der Waals surface area contributed by atoms with E-state index in [4.69, 9.17) is 33.2 Å². The second kappa shape index (κ2) is 24.6. The Labute approximate surface area is 357 Å². The van der Waals surface area contributed by atoms with Crippen molar-refractivity contribution >= 4 is 11.6 Å². The number of hydrogen-bond acceptors (Lipinski definition) is 14. The second-order valence-electron chi connectivity index (χ2n) is 17.2. The summed E-state index contributed by atoms with van der Waals surface area (Å²) in [5.74, 6) is 2.82. The van der Waals surface area contributed by atoms with Gasteiger partial charge >= 0.3 is 0 Å². The molecule has 0 aliphatic carbocycles. The van der Waals surface area contributed by atoms with Crippen LogP contribution in [-0.2, 0) is 33.2 Å². The smallest absolute Gasteiger partial charge is 0.221 e. The predicted octanol–water partition coefficient (Wildman–Crippen LogP) is 4.04. The molecule has 20 atom stereocenters. The molecule has 15 nitrogen and oxygen atoms in total. The van der Waals surface area contributed by atoms with Gasteiger partial charge in [0.05, 0.1) is 55.9 Å². The minimum absolute atomic E-state index is 0.0789. The van der Waals surface area contributed by atoms with Crippen molar-refractivity contribution in [2.75, 3.05) is 25.1 Å². The molecule has 20 unspecified atom stereocenters. The maximum absolute atomic E-state index is 10.7. The van der Waals surface area contributed by atoms with Crippen molar-refractivity contribution < 1.29 is 68.6 Å². The minimum Gasteiger partial charge on any atom is -0.490 e. The van der Waals surface area contributed by atoms with Crippen molar-refractivity contribution in [3.8, 4) is 5.75 Å². The first-order valence-corrected chi connectivity index (χ1v) is 21.8. The number of hydrogen-bond donors (Lipinski definition) is 7. The molecule has 0 aromatic heterocycles. The molecule has 5 rings (SSSR count). The lowest BCUT2D eigenvalue weighted by Gasteiger charge is -2.48. The standard InChI is InChI=1S/C20H38O3.C14H26O9.C11H13NO2/c1-9-17-13(5)11(3)15(7)20(22-17)23-19-14(6)12(4)16(8)21-18(19)10-2;1-5-7(3-15)22-14(12(20)9(5)17)23-13-8(4-16)21-6(2)10(18)11(13)19;1-3-8-14-11-6-4-10(5-7-11)12-9(2)13/h11-20H,9-10H2,1-8H3;5-20H,3-4H2,1-2H3;3-7H,1,8H2,2H3,(H,12,13). The molecule has 0 radical (unpaired) electrons. The van der Waals surface area contributed by atoms with Gasteiger partial charge in [-0.3, -0.25) is 4.79 Å². The van der Waals surface area contributed by atoms with Gasteiger partial charge in [0, 0.05) is 24.4 Å². The zero-order chi connectivity index (χ0) is 45.0. The van der Waals surface area contributed by atoms with Gasteiger partial charge in [0.25, 0.3) is 0 Å². The SMILES string of the molecule is C=CCOc1ccc(NC(C)=O)cc1.CC1OC(CO)C(OC2OC(CO)C(C)C(O)C2O)C(O)C1O.CCC1OC(OC2C(CC)OC(C)C(C)C2C)C(C)C(C)C1C. The fourth-order valence-corrected chi connectivity index (χ4v) is 8.33. The van der Waals surface area contributed by atoms with Crippen LogP contribution in [0.2, 0.25) is 0 Å². The van der Waals surface area contributed by atoms with Crippen molar-refractivity contribution in [1.82, 2.24) is 0 Å². The van der Waals surface area contributed by atoms with E-state index in [-0.39, 0.29) is 31.0 Å². The van der Waals surface area contributed by atoms with Crippen LogP contribution >= 0.6 is 0 Å². The van der Waals surface area contributed by atoms with Crippen molar-refractivity contribution in [2.24, 2.45) is 35.5 Å². The third kappa shape index (κ3) is 13.4. The molecule has 1 aromatic rings. The highest BCUT2D eigenvalue weighted by atomic mass is 16.7. The summed E-state index contributed by atoms with van der Waals surface area (Å²) in [6.07, 6.45) is -5.51. The maximum Gasteiger partial charge on any atom is 0.221 e. The molecule has 1 aromatic carbocycles. The molecule has 15 heteroatoms. The quantitative estimate of drug-likeness (QED) is 0.148. The zero-order valence-corrected chi connectivity index (χ0v) is 37.6. The first-order chi connectivity index (χ1) is 28.3. The topological polar surface area (TPSA) is 215 Å². The van der Waals surface area contributed by atoms with E-state index in [0.717, 1.165) is 24.3 Å². The Hall–Kier alpha value is -2.25. The molecule has 4 aliphatic heterocycles. The average molecular weight is 856 g/mol. The lowest BCUT2D eigenvalue weighted by Crippen LogP contribution is -2.62. The molecule has 4 fully saturated rings. The summed E-state index contributed by atoms with van der Waals surface area (Å²) in [6.45, 7) is 26.0. The molecule has 0 spiro atoms. The number of benzene rings is 1. The summed E-state index contributed by atoms with van der Waals surface area (Å²) < 4.78 is 40.7. The van der Waals surface area contributed by atoms with E-state index in [2.05, 4.69) is 67.3 Å². The molecule has 60 heavy (non-hydrogen) atoms. The van der Waals surface area contributed by atoms with Crippen LogP contribution in [0.5, 0.6) is 5.75 Å². The van der Waals surface area contributed by atoms with Crippen LogP contribution in [0.3, 0.4) is 0 Å². The van der Waals surface area contributed by atoms with E-state index in [9.17, 15) is 35.4 Å². The Kier molecular flexibility index (Phi) is 21.3. The number of aliphatic hydroxyl groups excluding tert-OH is 6. The predicted molar refractivity (Wildman–Crippen MR) is 226 cm³/mol. The summed E-state index contributed by atoms with van der Waals surface area (Å²) in [5.41, 5.74) is 0.767. The summed E-state index contributed by atoms with van der Waals surface area (Å²) in [7, 11) is 0. The molecule has 0 bridgehead atoms. The lowest BCUT2D eigenvalue weighted by molar-refractivity contribution is -0.334. The minimum atomic E-state index is -1.41. The van der Waals surface area contributed by atoms with Gasteiger partial charge in [0.15, 0.2) is 12.6 Å². The van der Waals surface area contributed by atoms with Gasteiger partial charge < -0.3 is 69.1 Å². The monoisotopic (exact) mass is 856 g/mol. The third-order valence-corrected chi connectivity index (χ3v) is 13.1. The molecule has 4 aliphatic rings. The Bertz CT molecular complexity index is 1330. The van der Waals surface area contributed by atoms with E-state index in [1.807, 2.05) is 0 Å². The first kappa shape index (κ1) is 52.1. The maximum atomic E-state index is 10.7. The molecule has 7 N–H and O–H groups in total. The van der Waals surface area contributed by atoms with Crippen LogP contribution in [0.15, 0.2) is 36.9 Å². The van der Waals surface area contributed by atoms with Crippen LogP contribution in [0.4, 0.5) is 5.69 Å². The van der Waals surface area contributed by atoms with Crippen molar-refractivity contribution in [2.45, 2.75) is 175 Å². The zero-order valence-electron chi connectivity index (χ0n) is 37.6. The largest absolute Gasteiger partial charge is 0.490 e. The average Bonchev–Trinajstić information content (AvgIpc) is 3.23. The van der Waals surface area contributed by atoms with E-state index in [1.54, 1.807) is 44.2 Å². The van der Waals surface area contributed by atoms with Gasteiger partial charge in [-0.05, 0) is 74.6 Å². The highest BCUT2D eigenvalue weighted by Crippen LogP contribution is 2.41. The Balaban J connectivity index is 0.000000248. The van der Waals surface area contributed by atoms with Crippen LogP contribution in [0, 0.1) is 35.5 Å². The number of amides is 1. The number of aliphatic hydroxyl groups is 6. The van der Waals surface area contributed by atoms with E-state index in [0.29, 0.717) is 48.4 Å². The molecule has 4 saturated heterocycles. The Morgan fingerprint density at radius 1 is 0.633 bits per heavy atom. The fourth-order valence-electron chi connectivity index (χ4n) is 8.33. The summed E-state index contributed by atoms with van der Waals surface area (Å²) >= 11 is 0. The van der Waals surface area contributed by atoms with Gasteiger partial charge in [0.1, 0.15) is 42.9 Å². The van der Waals surface area contributed by atoms with Gasteiger partial charge in [0.2, 0.25) is 5.91 Å². The Morgan fingerprint density at radius 3 is 1.75 bits per heavy atom. The molecule has 4 heterocycles. The van der Waals surface area contributed by atoms with Crippen LogP contribution in [0.1, 0.15) is 89.0 Å². The van der Waals surface area contributed by atoms with Gasteiger partial charge in [-0.1, -0.05) is 68.0 Å². The number of carbonyl (C=O) groups excluding carboxylic acids is 1. The molecular weight excluding hydrogens is 778 g/mol. The van der Waals surface area contributed by atoms with Gasteiger partial charge in [-0.25, -0.2) is 0 Å². The first-order valence-electron chi connectivity index (χ1n) is 21.8. The van der Waals surface area contributed by atoms with E-state index < -0.39 is 67.6 Å². The Morgan fingerprint density at radius 2 is 1.20 bits per heavy atom. The summed E-state index contributed by atoms with van der Waals surface area (Å²) in [6, 6.07) is 7.18. The van der Waals surface area contributed by atoms with Crippen LogP contribution in [-0.4, -0.2) is 142 Å². The molecule has 0 saturated carbocycles. The van der Waals surface area contributed by atoms with Crippen LogP contribution in [0.25, 0.3) is 0 Å². The number of carbonyl (C=O) groups is 1. The van der Waals surface area contributed by atoms with Crippen molar-refractivity contribution in [1.29, 1.82) is 0 Å². The molecular formula is C45H77NO14. The van der Waals surface area contributed by atoms with Crippen LogP contribution < -0.4 is 10.1 Å². The third-order valence-electron chi connectivity index (χ3n) is 13.1.